The standard InChI is InChI=1S/C19H34O/c1-3-5-6-16-7-9-17(10-8-16)18-11-13-19(14-12-18)20-15-4-2/h5-6,16-19H,3-4,7-15H2,1-2H3/b6-5+. The van der Waals surface area contributed by atoms with E-state index in [-0.39, 0.29) is 0 Å². The molecule has 116 valence electrons. The first kappa shape index (κ1) is 16.1. The van der Waals surface area contributed by atoms with Crippen LogP contribution in [0.4, 0.5) is 0 Å². The summed E-state index contributed by atoms with van der Waals surface area (Å²) in [6.45, 7) is 5.41. The van der Waals surface area contributed by atoms with Gasteiger partial charge in [0.15, 0.2) is 0 Å². The van der Waals surface area contributed by atoms with Gasteiger partial charge in [-0.1, -0.05) is 26.0 Å². The number of rotatable bonds is 6. The lowest BCUT2D eigenvalue weighted by molar-refractivity contribution is 0.00796. The summed E-state index contributed by atoms with van der Waals surface area (Å²) < 4.78 is 5.92. The molecule has 2 fully saturated rings. The zero-order valence-electron chi connectivity index (χ0n) is 13.7. The Morgan fingerprint density at radius 3 is 2.00 bits per heavy atom. The van der Waals surface area contributed by atoms with Gasteiger partial charge in [-0.05, 0) is 82.0 Å². The van der Waals surface area contributed by atoms with Crippen LogP contribution >= 0.6 is 0 Å². The van der Waals surface area contributed by atoms with E-state index in [0.29, 0.717) is 6.10 Å². The first-order valence-corrected chi connectivity index (χ1v) is 9.11. The molecule has 2 saturated carbocycles. The van der Waals surface area contributed by atoms with Crippen LogP contribution in [-0.2, 0) is 4.74 Å². The second-order valence-electron chi connectivity index (χ2n) is 6.92. The highest BCUT2D eigenvalue weighted by molar-refractivity contribution is 4.92. The summed E-state index contributed by atoms with van der Waals surface area (Å²) >= 11 is 0. The van der Waals surface area contributed by atoms with Gasteiger partial charge in [-0.25, -0.2) is 0 Å². The van der Waals surface area contributed by atoms with Gasteiger partial charge in [0, 0.05) is 6.61 Å². The molecule has 2 aliphatic carbocycles. The largest absolute Gasteiger partial charge is 0.378 e. The van der Waals surface area contributed by atoms with E-state index in [1.54, 1.807) is 0 Å². The van der Waals surface area contributed by atoms with Crippen LogP contribution < -0.4 is 0 Å². The minimum absolute atomic E-state index is 0.579. The van der Waals surface area contributed by atoms with Crippen molar-refractivity contribution in [1.82, 2.24) is 0 Å². The Labute approximate surface area is 126 Å². The molecule has 0 aromatic rings. The summed E-state index contributed by atoms with van der Waals surface area (Å²) in [7, 11) is 0. The van der Waals surface area contributed by atoms with Gasteiger partial charge in [0.05, 0.1) is 6.10 Å². The van der Waals surface area contributed by atoms with Crippen molar-refractivity contribution < 1.29 is 4.74 Å². The molecular formula is C19H34O. The SMILES string of the molecule is CC/C=C/C1CCC(C2CCC(OCCC)CC2)CC1. The Bertz CT molecular complexity index is 267. The molecule has 1 nitrogen and oxygen atoms in total. The van der Waals surface area contributed by atoms with Gasteiger partial charge in [-0.2, -0.15) is 0 Å². The number of hydrogen-bond acceptors (Lipinski definition) is 1. The molecule has 0 unspecified atom stereocenters. The third-order valence-corrected chi connectivity index (χ3v) is 5.40. The second kappa shape index (κ2) is 8.87. The molecule has 0 amide bonds. The minimum Gasteiger partial charge on any atom is -0.378 e. The summed E-state index contributed by atoms with van der Waals surface area (Å²) in [6, 6.07) is 0. The average molecular weight is 278 g/mol. The fourth-order valence-electron chi connectivity index (χ4n) is 4.15. The van der Waals surface area contributed by atoms with Crippen molar-refractivity contribution in [2.45, 2.75) is 84.2 Å². The summed E-state index contributed by atoms with van der Waals surface area (Å²) in [4.78, 5) is 0. The van der Waals surface area contributed by atoms with E-state index < -0.39 is 0 Å². The summed E-state index contributed by atoms with van der Waals surface area (Å²) in [5.41, 5.74) is 0. The third kappa shape index (κ3) is 4.91. The fraction of sp³-hybridized carbons (Fsp3) is 0.895. The Morgan fingerprint density at radius 2 is 1.45 bits per heavy atom. The lowest BCUT2D eigenvalue weighted by Crippen LogP contribution is -2.28. The number of allylic oxidation sites excluding steroid dienone is 2. The van der Waals surface area contributed by atoms with Crippen molar-refractivity contribution in [2.24, 2.45) is 17.8 Å². The molecule has 0 heterocycles. The van der Waals surface area contributed by atoms with Gasteiger partial charge in [0.2, 0.25) is 0 Å². The zero-order chi connectivity index (χ0) is 14.2. The van der Waals surface area contributed by atoms with Gasteiger partial charge < -0.3 is 4.74 Å². The highest BCUT2D eigenvalue weighted by Crippen LogP contribution is 2.40. The van der Waals surface area contributed by atoms with Crippen molar-refractivity contribution in [3.63, 3.8) is 0 Å². The lowest BCUT2D eigenvalue weighted by Gasteiger charge is -2.37. The van der Waals surface area contributed by atoms with Crippen LogP contribution in [-0.4, -0.2) is 12.7 Å². The van der Waals surface area contributed by atoms with Crippen molar-refractivity contribution in [2.75, 3.05) is 6.61 Å². The van der Waals surface area contributed by atoms with Crippen LogP contribution in [0.3, 0.4) is 0 Å². The maximum absolute atomic E-state index is 5.92. The highest BCUT2D eigenvalue weighted by Gasteiger charge is 2.30. The molecule has 0 atom stereocenters. The van der Waals surface area contributed by atoms with Crippen LogP contribution in [0.25, 0.3) is 0 Å². The number of hydrogen-bond donors (Lipinski definition) is 0. The average Bonchev–Trinajstić information content (AvgIpc) is 2.52. The zero-order valence-corrected chi connectivity index (χ0v) is 13.7. The van der Waals surface area contributed by atoms with E-state index in [2.05, 4.69) is 26.0 Å². The molecule has 0 aromatic carbocycles. The molecule has 0 aromatic heterocycles. The molecule has 0 radical (unpaired) electrons. The van der Waals surface area contributed by atoms with Crippen molar-refractivity contribution in [1.29, 1.82) is 0 Å². The van der Waals surface area contributed by atoms with Crippen molar-refractivity contribution >= 4 is 0 Å². The van der Waals surface area contributed by atoms with Gasteiger partial charge in [0.1, 0.15) is 0 Å². The quantitative estimate of drug-likeness (QED) is 0.562. The Balaban J connectivity index is 1.66. The van der Waals surface area contributed by atoms with Crippen LogP contribution in [0.15, 0.2) is 12.2 Å². The normalized spacial score (nSPS) is 35.5. The summed E-state index contributed by atoms with van der Waals surface area (Å²) in [5.74, 6) is 2.91. The molecule has 2 aliphatic rings. The summed E-state index contributed by atoms with van der Waals surface area (Å²) in [6.07, 6.45) is 19.1. The van der Waals surface area contributed by atoms with E-state index in [1.165, 1.54) is 57.8 Å². The monoisotopic (exact) mass is 278 g/mol. The second-order valence-corrected chi connectivity index (χ2v) is 6.92. The Morgan fingerprint density at radius 1 is 0.850 bits per heavy atom. The Hall–Kier alpha value is -0.300. The van der Waals surface area contributed by atoms with Crippen LogP contribution in [0, 0.1) is 17.8 Å². The van der Waals surface area contributed by atoms with Gasteiger partial charge >= 0.3 is 0 Å². The predicted molar refractivity (Wildman–Crippen MR) is 86.9 cm³/mol. The highest BCUT2D eigenvalue weighted by atomic mass is 16.5. The molecule has 0 saturated heterocycles. The lowest BCUT2D eigenvalue weighted by atomic mass is 9.70. The van der Waals surface area contributed by atoms with E-state index >= 15 is 0 Å². The van der Waals surface area contributed by atoms with E-state index in [0.717, 1.165) is 30.8 Å². The predicted octanol–water partition coefficient (Wildman–Crippen LogP) is 5.74. The molecule has 0 spiro atoms. The van der Waals surface area contributed by atoms with E-state index in [1.807, 2.05) is 0 Å². The van der Waals surface area contributed by atoms with Gasteiger partial charge in [0.25, 0.3) is 0 Å². The molecule has 1 heteroatoms. The van der Waals surface area contributed by atoms with Gasteiger partial charge in [-0.15, -0.1) is 0 Å². The molecule has 20 heavy (non-hydrogen) atoms. The summed E-state index contributed by atoms with van der Waals surface area (Å²) in [5, 5.41) is 0. The number of ether oxygens (including phenoxy) is 1. The maximum atomic E-state index is 5.92. The first-order valence-electron chi connectivity index (χ1n) is 9.11. The van der Waals surface area contributed by atoms with E-state index in [4.69, 9.17) is 4.74 Å². The smallest absolute Gasteiger partial charge is 0.0575 e. The fourth-order valence-corrected chi connectivity index (χ4v) is 4.15. The molecule has 0 bridgehead atoms. The van der Waals surface area contributed by atoms with Crippen LogP contribution in [0.2, 0.25) is 0 Å². The van der Waals surface area contributed by atoms with Crippen LogP contribution in [0.1, 0.15) is 78.1 Å². The van der Waals surface area contributed by atoms with Crippen molar-refractivity contribution in [3.8, 4) is 0 Å². The van der Waals surface area contributed by atoms with Crippen LogP contribution in [0.5, 0.6) is 0 Å². The molecule has 0 N–H and O–H groups in total. The topological polar surface area (TPSA) is 9.23 Å². The third-order valence-electron chi connectivity index (χ3n) is 5.40. The maximum Gasteiger partial charge on any atom is 0.0575 e. The Kier molecular flexibility index (Phi) is 7.13. The molecule has 2 rings (SSSR count). The van der Waals surface area contributed by atoms with Gasteiger partial charge in [-0.3, -0.25) is 0 Å². The van der Waals surface area contributed by atoms with E-state index in [9.17, 15) is 0 Å². The molecular weight excluding hydrogens is 244 g/mol. The first-order chi connectivity index (χ1) is 9.83. The van der Waals surface area contributed by atoms with Crippen molar-refractivity contribution in [3.05, 3.63) is 12.2 Å². The minimum atomic E-state index is 0.579. The molecule has 0 aliphatic heterocycles.